The van der Waals surface area contributed by atoms with Gasteiger partial charge in [0.05, 0.1) is 0 Å². The van der Waals surface area contributed by atoms with Gasteiger partial charge in [0.2, 0.25) is 0 Å². The van der Waals surface area contributed by atoms with Gasteiger partial charge >= 0.3 is 0 Å². The van der Waals surface area contributed by atoms with Gasteiger partial charge < -0.3 is 15.5 Å². The lowest BCUT2D eigenvalue weighted by molar-refractivity contribution is 0.0942. The fraction of sp³-hybridized carbons (Fsp3) is 0.533. The zero-order valence-corrected chi connectivity index (χ0v) is 11.6. The van der Waals surface area contributed by atoms with Crippen molar-refractivity contribution in [2.75, 3.05) is 13.2 Å². The smallest absolute Gasteiger partial charge is 0.251 e. The lowest BCUT2D eigenvalue weighted by Crippen LogP contribution is -2.30. The molecule has 1 atom stereocenters. The summed E-state index contributed by atoms with van der Waals surface area (Å²) in [5, 5.41) is 21.4. The van der Waals surface area contributed by atoms with Crippen LogP contribution >= 0.6 is 0 Å². The molecule has 0 saturated carbocycles. The molecular formula is C15H23NO3. The molecular weight excluding hydrogens is 242 g/mol. The normalized spacial score (nSPS) is 12.2. The molecule has 1 unspecified atom stereocenters. The third kappa shape index (κ3) is 4.56. The van der Waals surface area contributed by atoms with Gasteiger partial charge in [0.25, 0.3) is 5.91 Å². The molecule has 0 aliphatic heterocycles. The molecule has 0 spiro atoms. The van der Waals surface area contributed by atoms with E-state index in [1.165, 1.54) is 0 Å². The number of nitrogens with one attached hydrogen (secondary N) is 1. The number of phenolic OH excluding ortho intramolecular Hbond substituents is 1. The van der Waals surface area contributed by atoms with Gasteiger partial charge in [0.1, 0.15) is 5.75 Å². The Morgan fingerprint density at radius 3 is 2.74 bits per heavy atom. The van der Waals surface area contributed by atoms with Crippen LogP contribution in [0.2, 0.25) is 0 Å². The predicted octanol–water partition coefficient (Wildman–Crippen LogP) is 2.23. The first-order valence-electron chi connectivity index (χ1n) is 6.77. The predicted molar refractivity (Wildman–Crippen MR) is 75.3 cm³/mol. The Hall–Kier alpha value is -1.55. The van der Waals surface area contributed by atoms with Crippen LogP contribution in [0.5, 0.6) is 5.75 Å². The van der Waals surface area contributed by atoms with E-state index in [0.717, 1.165) is 12.8 Å². The van der Waals surface area contributed by atoms with Crippen LogP contribution in [0.15, 0.2) is 18.2 Å². The quantitative estimate of drug-likeness (QED) is 0.708. The SMILES string of the molecule is CCCC(CCO)CNC(=O)c1cccc(O)c1C. The van der Waals surface area contributed by atoms with Crippen LogP contribution in [0.25, 0.3) is 0 Å². The monoisotopic (exact) mass is 265 g/mol. The van der Waals surface area contributed by atoms with Crippen molar-refractivity contribution in [3.05, 3.63) is 29.3 Å². The number of hydrogen-bond acceptors (Lipinski definition) is 3. The van der Waals surface area contributed by atoms with Crippen LogP contribution in [0.1, 0.15) is 42.1 Å². The summed E-state index contributed by atoms with van der Waals surface area (Å²) < 4.78 is 0. The molecule has 3 N–H and O–H groups in total. The Kier molecular flexibility index (Phi) is 6.36. The van der Waals surface area contributed by atoms with E-state index in [1.54, 1.807) is 25.1 Å². The number of carbonyl (C=O) groups is 1. The largest absolute Gasteiger partial charge is 0.508 e. The van der Waals surface area contributed by atoms with Gasteiger partial charge in [-0.05, 0) is 37.8 Å². The van der Waals surface area contributed by atoms with E-state index in [2.05, 4.69) is 12.2 Å². The molecule has 106 valence electrons. The second-order valence-corrected chi connectivity index (χ2v) is 4.83. The number of hydrogen-bond donors (Lipinski definition) is 3. The molecule has 0 bridgehead atoms. The summed E-state index contributed by atoms with van der Waals surface area (Å²) >= 11 is 0. The van der Waals surface area contributed by atoms with E-state index in [-0.39, 0.29) is 18.3 Å². The van der Waals surface area contributed by atoms with Crippen molar-refractivity contribution in [3.8, 4) is 5.75 Å². The maximum absolute atomic E-state index is 12.0. The van der Waals surface area contributed by atoms with Gasteiger partial charge in [-0.25, -0.2) is 0 Å². The van der Waals surface area contributed by atoms with E-state index >= 15 is 0 Å². The minimum Gasteiger partial charge on any atom is -0.508 e. The first-order valence-corrected chi connectivity index (χ1v) is 6.77. The van der Waals surface area contributed by atoms with Crippen molar-refractivity contribution >= 4 is 5.91 Å². The second-order valence-electron chi connectivity index (χ2n) is 4.83. The van der Waals surface area contributed by atoms with Crippen LogP contribution in [-0.2, 0) is 0 Å². The van der Waals surface area contributed by atoms with Gasteiger partial charge in [-0.3, -0.25) is 4.79 Å². The Labute approximate surface area is 114 Å². The van der Waals surface area contributed by atoms with E-state index in [1.807, 2.05) is 0 Å². The number of phenols is 1. The summed E-state index contributed by atoms with van der Waals surface area (Å²) in [6, 6.07) is 4.93. The fourth-order valence-corrected chi connectivity index (χ4v) is 2.14. The molecule has 0 radical (unpaired) electrons. The summed E-state index contributed by atoms with van der Waals surface area (Å²) in [6.45, 7) is 4.51. The lowest BCUT2D eigenvalue weighted by Gasteiger charge is -2.16. The number of carbonyl (C=O) groups excluding carboxylic acids is 1. The number of amides is 1. The molecule has 4 nitrogen and oxygen atoms in total. The van der Waals surface area contributed by atoms with Gasteiger partial charge in [-0.1, -0.05) is 19.4 Å². The Bertz CT molecular complexity index is 412. The summed E-state index contributed by atoms with van der Waals surface area (Å²) in [4.78, 5) is 12.0. The van der Waals surface area contributed by atoms with Gasteiger partial charge in [0.15, 0.2) is 0 Å². The summed E-state index contributed by atoms with van der Waals surface area (Å²) in [6.07, 6.45) is 2.72. The number of rotatable bonds is 7. The highest BCUT2D eigenvalue weighted by Crippen LogP contribution is 2.19. The Balaban J connectivity index is 2.61. The molecule has 0 fully saturated rings. The topological polar surface area (TPSA) is 69.6 Å². The third-order valence-corrected chi connectivity index (χ3v) is 3.34. The van der Waals surface area contributed by atoms with Gasteiger partial charge in [-0.15, -0.1) is 0 Å². The van der Waals surface area contributed by atoms with E-state index in [9.17, 15) is 9.90 Å². The molecule has 1 rings (SSSR count). The Morgan fingerprint density at radius 1 is 1.37 bits per heavy atom. The van der Waals surface area contributed by atoms with Crippen LogP contribution in [0, 0.1) is 12.8 Å². The summed E-state index contributed by atoms with van der Waals surface area (Å²) in [5.41, 5.74) is 1.09. The van der Waals surface area contributed by atoms with Crippen molar-refractivity contribution in [2.45, 2.75) is 33.1 Å². The van der Waals surface area contributed by atoms with Crippen molar-refractivity contribution in [3.63, 3.8) is 0 Å². The molecule has 1 amide bonds. The molecule has 0 aromatic heterocycles. The fourth-order valence-electron chi connectivity index (χ4n) is 2.14. The molecule has 19 heavy (non-hydrogen) atoms. The number of benzene rings is 1. The Morgan fingerprint density at radius 2 is 2.11 bits per heavy atom. The van der Waals surface area contributed by atoms with Crippen LogP contribution < -0.4 is 5.32 Å². The zero-order chi connectivity index (χ0) is 14.3. The van der Waals surface area contributed by atoms with Crippen LogP contribution in [0.4, 0.5) is 0 Å². The second kappa shape index (κ2) is 7.79. The lowest BCUT2D eigenvalue weighted by atomic mass is 10.00. The van der Waals surface area contributed by atoms with Crippen molar-refractivity contribution in [1.82, 2.24) is 5.32 Å². The first-order chi connectivity index (χ1) is 9.10. The first kappa shape index (κ1) is 15.5. The highest BCUT2D eigenvalue weighted by Gasteiger charge is 2.13. The molecule has 0 aliphatic carbocycles. The molecule has 0 aliphatic rings. The van der Waals surface area contributed by atoms with E-state index in [0.29, 0.717) is 30.0 Å². The number of aliphatic hydroxyl groups is 1. The van der Waals surface area contributed by atoms with E-state index in [4.69, 9.17) is 5.11 Å². The number of aliphatic hydroxyl groups excluding tert-OH is 1. The van der Waals surface area contributed by atoms with Crippen LogP contribution in [0.3, 0.4) is 0 Å². The minimum atomic E-state index is -0.174. The maximum Gasteiger partial charge on any atom is 0.251 e. The number of aromatic hydroxyl groups is 1. The van der Waals surface area contributed by atoms with E-state index < -0.39 is 0 Å². The van der Waals surface area contributed by atoms with Crippen molar-refractivity contribution in [2.24, 2.45) is 5.92 Å². The molecule has 1 aromatic rings. The highest BCUT2D eigenvalue weighted by atomic mass is 16.3. The minimum absolute atomic E-state index is 0.133. The van der Waals surface area contributed by atoms with Gasteiger partial charge in [-0.2, -0.15) is 0 Å². The average Bonchev–Trinajstić information content (AvgIpc) is 2.39. The van der Waals surface area contributed by atoms with Crippen molar-refractivity contribution < 1.29 is 15.0 Å². The molecule has 0 saturated heterocycles. The molecule has 4 heteroatoms. The maximum atomic E-state index is 12.0. The van der Waals surface area contributed by atoms with Gasteiger partial charge in [0, 0.05) is 24.3 Å². The van der Waals surface area contributed by atoms with Crippen molar-refractivity contribution in [1.29, 1.82) is 0 Å². The zero-order valence-electron chi connectivity index (χ0n) is 11.6. The molecule has 0 heterocycles. The molecule has 1 aromatic carbocycles. The average molecular weight is 265 g/mol. The standard InChI is InChI=1S/C15H23NO3/c1-3-5-12(8-9-17)10-16-15(19)13-6-4-7-14(18)11(13)2/h4,6-7,12,17-18H,3,5,8-10H2,1-2H3,(H,16,19). The highest BCUT2D eigenvalue weighted by molar-refractivity contribution is 5.96. The summed E-state index contributed by atoms with van der Waals surface area (Å²) in [5.74, 6) is 0.261. The van der Waals surface area contributed by atoms with Crippen LogP contribution in [-0.4, -0.2) is 29.3 Å². The summed E-state index contributed by atoms with van der Waals surface area (Å²) in [7, 11) is 0. The third-order valence-electron chi connectivity index (χ3n) is 3.34.